The minimum atomic E-state index is -1.08. The number of amides is 2. The summed E-state index contributed by atoms with van der Waals surface area (Å²) in [4.78, 5) is 33.9. The van der Waals surface area contributed by atoms with Gasteiger partial charge in [0.05, 0.1) is 46.8 Å². The summed E-state index contributed by atoms with van der Waals surface area (Å²) < 4.78 is 15.2. The molecule has 2 aromatic heterocycles. The van der Waals surface area contributed by atoms with Crippen LogP contribution >= 0.6 is 11.6 Å². The van der Waals surface area contributed by atoms with E-state index in [2.05, 4.69) is 25.7 Å². The van der Waals surface area contributed by atoms with E-state index < -0.39 is 17.3 Å². The van der Waals surface area contributed by atoms with Crippen LogP contribution in [0.4, 0.5) is 20.6 Å². The third-order valence-electron chi connectivity index (χ3n) is 5.78. The highest BCUT2D eigenvalue weighted by Gasteiger charge is 2.48. The first-order valence-electron chi connectivity index (χ1n) is 10.2. The van der Waals surface area contributed by atoms with Crippen LogP contribution < -0.4 is 10.6 Å². The van der Waals surface area contributed by atoms with E-state index in [9.17, 15) is 14.0 Å². The Morgan fingerprint density at radius 1 is 1.15 bits per heavy atom. The predicted octanol–water partition coefficient (Wildman–Crippen LogP) is 3.31. The number of carboxylic acids is 1. The standard InChI is InChI=1S/C21H19ClFN7O3/c22-14-7-13(1-2-15(14)23)27-20(33)29-5-6-30-17(11-29)16(10-26-30)28-21(3-4-21)19-24-8-12(9-25-19)18(31)32/h1-2,7-10,28H,3-6,11H2,(H,27,33)(H,31,32). The minimum Gasteiger partial charge on any atom is -0.478 e. The summed E-state index contributed by atoms with van der Waals surface area (Å²) in [5.74, 6) is -1.11. The SMILES string of the molecule is O=C(O)c1cnc(C2(Nc3cnn4c3CN(C(=O)Nc3ccc(F)c(Cl)c3)CC4)CC2)nc1. The molecule has 10 nitrogen and oxygen atoms in total. The fourth-order valence-electron chi connectivity index (χ4n) is 3.77. The van der Waals surface area contributed by atoms with Gasteiger partial charge < -0.3 is 20.6 Å². The fraction of sp³-hybridized carbons (Fsp3) is 0.286. The second-order valence-corrected chi connectivity index (χ2v) is 8.42. The Morgan fingerprint density at radius 3 is 2.58 bits per heavy atom. The van der Waals surface area contributed by atoms with Gasteiger partial charge in [0.1, 0.15) is 5.82 Å². The first kappa shape index (κ1) is 21.1. The molecule has 0 saturated heterocycles. The van der Waals surface area contributed by atoms with Crippen LogP contribution in [0.2, 0.25) is 5.02 Å². The molecule has 1 aromatic carbocycles. The van der Waals surface area contributed by atoms with Gasteiger partial charge in [-0.15, -0.1) is 0 Å². The van der Waals surface area contributed by atoms with Crippen molar-refractivity contribution >= 4 is 35.0 Å². The molecule has 1 aliphatic carbocycles. The average Bonchev–Trinajstić information content (AvgIpc) is 3.49. The first-order chi connectivity index (χ1) is 15.8. The molecule has 3 aromatic rings. The van der Waals surface area contributed by atoms with Gasteiger partial charge in [-0.25, -0.2) is 23.9 Å². The summed E-state index contributed by atoms with van der Waals surface area (Å²) in [6, 6.07) is 3.69. The zero-order chi connectivity index (χ0) is 23.2. The van der Waals surface area contributed by atoms with Crippen LogP contribution in [-0.2, 0) is 18.6 Å². The summed E-state index contributed by atoms with van der Waals surface area (Å²) >= 11 is 5.80. The molecule has 0 radical (unpaired) electrons. The van der Waals surface area contributed by atoms with Gasteiger partial charge in [-0.3, -0.25) is 4.68 Å². The van der Waals surface area contributed by atoms with Crippen molar-refractivity contribution in [1.82, 2.24) is 24.6 Å². The van der Waals surface area contributed by atoms with Crippen LogP contribution in [0, 0.1) is 5.82 Å². The second-order valence-electron chi connectivity index (χ2n) is 8.02. The molecule has 2 aliphatic rings. The van der Waals surface area contributed by atoms with Gasteiger partial charge >= 0.3 is 12.0 Å². The quantitative estimate of drug-likeness (QED) is 0.521. The molecule has 170 valence electrons. The number of nitrogens with one attached hydrogen (secondary N) is 2. The molecule has 1 saturated carbocycles. The lowest BCUT2D eigenvalue weighted by molar-refractivity contribution is 0.0695. The monoisotopic (exact) mass is 471 g/mol. The number of carbonyl (C=O) groups excluding carboxylic acids is 1. The van der Waals surface area contributed by atoms with Crippen LogP contribution in [0.1, 0.15) is 34.7 Å². The number of benzene rings is 1. The zero-order valence-corrected chi connectivity index (χ0v) is 18.0. The van der Waals surface area contributed by atoms with E-state index in [1.165, 1.54) is 30.6 Å². The number of aromatic carboxylic acids is 1. The Hall–Kier alpha value is -3.73. The van der Waals surface area contributed by atoms with E-state index in [0.29, 0.717) is 31.1 Å². The molecule has 0 spiro atoms. The van der Waals surface area contributed by atoms with Crippen molar-refractivity contribution in [1.29, 1.82) is 0 Å². The Morgan fingerprint density at radius 2 is 1.91 bits per heavy atom. The Labute approximate surface area is 192 Å². The number of hydrogen-bond acceptors (Lipinski definition) is 6. The maximum atomic E-state index is 13.4. The van der Waals surface area contributed by atoms with E-state index in [0.717, 1.165) is 24.2 Å². The van der Waals surface area contributed by atoms with Crippen molar-refractivity contribution in [2.45, 2.75) is 31.5 Å². The molecule has 0 unspecified atom stereocenters. The van der Waals surface area contributed by atoms with E-state index in [4.69, 9.17) is 16.7 Å². The molecule has 2 amide bonds. The molecule has 5 rings (SSSR count). The third kappa shape index (κ3) is 4.07. The number of rotatable bonds is 5. The van der Waals surface area contributed by atoms with Crippen molar-refractivity contribution in [3.8, 4) is 0 Å². The normalized spacial score (nSPS) is 16.1. The molecular weight excluding hydrogens is 453 g/mol. The summed E-state index contributed by atoms with van der Waals surface area (Å²) in [7, 11) is 0. The van der Waals surface area contributed by atoms with Crippen LogP contribution in [0.3, 0.4) is 0 Å². The number of urea groups is 1. The molecule has 12 heteroatoms. The number of hydrogen-bond donors (Lipinski definition) is 3. The predicted molar refractivity (Wildman–Crippen MR) is 117 cm³/mol. The fourth-order valence-corrected chi connectivity index (χ4v) is 3.95. The molecule has 0 atom stereocenters. The lowest BCUT2D eigenvalue weighted by Crippen LogP contribution is -2.41. The Bertz CT molecular complexity index is 1240. The lowest BCUT2D eigenvalue weighted by Gasteiger charge is -2.29. The van der Waals surface area contributed by atoms with Gasteiger partial charge in [-0.05, 0) is 31.0 Å². The lowest BCUT2D eigenvalue weighted by atomic mass is 10.2. The van der Waals surface area contributed by atoms with Crippen LogP contribution in [0.5, 0.6) is 0 Å². The molecule has 3 heterocycles. The summed E-state index contributed by atoms with van der Waals surface area (Å²) in [5.41, 5.74) is 1.54. The van der Waals surface area contributed by atoms with E-state index in [1.807, 2.05) is 4.68 Å². The zero-order valence-electron chi connectivity index (χ0n) is 17.3. The minimum absolute atomic E-state index is 0.0292. The highest BCUT2D eigenvalue weighted by atomic mass is 35.5. The van der Waals surface area contributed by atoms with Gasteiger partial charge in [0, 0.05) is 24.6 Å². The molecule has 1 aliphatic heterocycles. The van der Waals surface area contributed by atoms with Crippen molar-refractivity contribution < 1.29 is 19.1 Å². The number of anilines is 2. The number of aromatic nitrogens is 4. The van der Waals surface area contributed by atoms with Crippen molar-refractivity contribution in [2.24, 2.45) is 0 Å². The van der Waals surface area contributed by atoms with Gasteiger partial charge in [-0.1, -0.05) is 11.6 Å². The first-order valence-corrected chi connectivity index (χ1v) is 10.6. The smallest absolute Gasteiger partial charge is 0.338 e. The molecular formula is C21H19ClFN7O3. The van der Waals surface area contributed by atoms with Crippen LogP contribution in [-0.4, -0.2) is 48.3 Å². The van der Waals surface area contributed by atoms with Crippen LogP contribution in [0.15, 0.2) is 36.8 Å². The Balaban J connectivity index is 1.30. The summed E-state index contributed by atoms with van der Waals surface area (Å²) in [6.07, 6.45) is 5.89. The van der Waals surface area contributed by atoms with Gasteiger partial charge in [0.2, 0.25) is 0 Å². The summed E-state index contributed by atoms with van der Waals surface area (Å²) in [6.45, 7) is 1.29. The second kappa shape index (κ2) is 8.00. The highest BCUT2D eigenvalue weighted by Crippen LogP contribution is 2.47. The molecule has 33 heavy (non-hydrogen) atoms. The number of fused-ring (bicyclic) bond motifs is 1. The molecule has 0 bridgehead atoms. The van der Waals surface area contributed by atoms with Gasteiger partial charge in [0.25, 0.3) is 0 Å². The van der Waals surface area contributed by atoms with Crippen LogP contribution in [0.25, 0.3) is 0 Å². The number of carbonyl (C=O) groups is 2. The van der Waals surface area contributed by atoms with E-state index in [1.54, 1.807) is 11.1 Å². The van der Waals surface area contributed by atoms with Crippen molar-refractivity contribution in [3.05, 3.63) is 64.7 Å². The van der Waals surface area contributed by atoms with Crippen molar-refractivity contribution in [3.63, 3.8) is 0 Å². The highest BCUT2D eigenvalue weighted by molar-refractivity contribution is 6.31. The van der Waals surface area contributed by atoms with Crippen molar-refractivity contribution in [2.75, 3.05) is 17.2 Å². The summed E-state index contributed by atoms with van der Waals surface area (Å²) in [5, 5.41) is 19.6. The number of carboxylic acid groups (broad SMARTS) is 1. The maximum Gasteiger partial charge on any atom is 0.338 e. The van der Waals surface area contributed by atoms with E-state index in [-0.39, 0.29) is 16.6 Å². The third-order valence-corrected chi connectivity index (χ3v) is 6.07. The number of nitrogens with zero attached hydrogens (tertiary/aromatic N) is 5. The molecule has 3 N–H and O–H groups in total. The number of halogens is 2. The van der Waals surface area contributed by atoms with Gasteiger partial charge in [-0.2, -0.15) is 5.10 Å². The average molecular weight is 472 g/mol. The Kier molecular flexibility index (Phi) is 5.12. The van der Waals surface area contributed by atoms with E-state index >= 15 is 0 Å². The largest absolute Gasteiger partial charge is 0.478 e. The topological polar surface area (TPSA) is 125 Å². The molecule has 1 fully saturated rings. The van der Waals surface area contributed by atoms with Gasteiger partial charge in [0.15, 0.2) is 5.82 Å². The maximum absolute atomic E-state index is 13.4.